The van der Waals surface area contributed by atoms with Gasteiger partial charge in [0.1, 0.15) is 0 Å². The Morgan fingerprint density at radius 1 is 0.909 bits per heavy atom. The second kappa shape index (κ2) is 9.36. The predicted molar refractivity (Wildman–Crippen MR) is 125 cm³/mol. The summed E-state index contributed by atoms with van der Waals surface area (Å²) in [4.78, 5) is 25.4. The van der Waals surface area contributed by atoms with Gasteiger partial charge in [-0.25, -0.2) is 18.4 Å². The fourth-order valence-electron chi connectivity index (χ4n) is 4.07. The van der Waals surface area contributed by atoms with Gasteiger partial charge in [0.2, 0.25) is 15.8 Å². The van der Waals surface area contributed by atoms with E-state index in [4.69, 9.17) is 9.88 Å². The van der Waals surface area contributed by atoms with E-state index in [1.165, 1.54) is 12.1 Å². The minimum atomic E-state index is -3.75. The molecule has 176 valence electrons. The maximum Gasteiger partial charge on any atom is 0.340 e. The number of nitrogens with two attached hydrogens (primary N) is 1. The quantitative estimate of drug-likeness (QED) is 0.400. The number of sulfonamides is 1. The lowest BCUT2D eigenvalue weighted by Crippen LogP contribution is -2.16. The molecule has 0 unspecified atom stereocenters. The van der Waals surface area contributed by atoms with Crippen LogP contribution in [0.5, 0.6) is 0 Å². The van der Waals surface area contributed by atoms with Crippen LogP contribution in [0.2, 0.25) is 0 Å². The number of hydrogen-bond donors (Lipinski definition) is 1. The summed E-state index contributed by atoms with van der Waals surface area (Å²) in [5.74, 6) is -0.795. The molecule has 1 aromatic carbocycles. The van der Waals surface area contributed by atoms with Crippen LogP contribution in [0.4, 0.5) is 0 Å². The molecule has 0 radical (unpaired) electrons. The molecule has 8 nitrogen and oxygen atoms in total. The van der Waals surface area contributed by atoms with E-state index >= 15 is 0 Å². The fraction of sp³-hybridized carbons (Fsp3) is 0.333. The monoisotopic (exact) mass is 471 g/mol. The van der Waals surface area contributed by atoms with Crippen LogP contribution in [0, 0.1) is 27.7 Å². The molecule has 0 aliphatic rings. The number of primary sulfonamides is 1. The normalized spacial score (nSPS) is 11.6. The van der Waals surface area contributed by atoms with E-state index in [-0.39, 0.29) is 17.3 Å². The standard InChI is InChI=1S/C24H29N3O5S/c1-6-26-15(2)11-21(17(26)4)23(28)14-32-24(29)22-12-16(3)27(18(22)5)13-19-7-9-20(10-8-19)33(25,30)31/h7-12H,6,13-14H2,1-5H3,(H2,25,30,31). The average Bonchev–Trinajstić information content (AvgIpc) is 3.20. The Balaban J connectivity index is 1.72. The first-order valence-corrected chi connectivity index (χ1v) is 12.1. The van der Waals surface area contributed by atoms with Crippen LogP contribution in [0.3, 0.4) is 0 Å². The number of esters is 1. The van der Waals surface area contributed by atoms with Gasteiger partial charge in [0.25, 0.3) is 0 Å². The highest BCUT2D eigenvalue weighted by atomic mass is 32.2. The van der Waals surface area contributed by atoms with Crippen LogP contribution in [-0.2, 0) is 27.8 Å². The Morgan fingerprint density at radius 2 is 1.45 bits per heavy atom. The van der Waals surface area contributed by atoms with Gasteiger partial charge >= 0.3 is 5.97 Å². The molecule has 2 N–H and O–H groups in total. The first-order valence-electron chi connectivity index (χ1n) is 10.6. The van der Waals surface area contributed by atoms with E-state index in [1.54, 1.807) is 25.1 Å². The average molecular weight is 472 g/mol. The molecule has 9 heteroatoms. The molecule has 0 bridgehead atoms. The first kappa shape index (κ1) is 24.5. The van der Waals surface area contributed by atoms with Crippen LogP contribution in [-0.4, -0.2) is 35.9 Å². The topological polar surface area (TPSA) is 113 Å². The second-order valence-electron chi connectivity index (χ2n) is 8.09. The van der Waals surface area contributed by atoms with Crippen molar-refractivity contribution in [1.29, 1.82) is 0 Å². The summed E-state index contributed by atoms with van der Waals surface area (Å²) in [5, 5.41) is 5.15. The van der Waals surface area contributed by atoms with Crippen LogP contribution in [0.1, 0.15) is 56.0 Å². The minimum absolute atomic E-state index is 0.0424. The number of rotatable bonds is 8. The zero-order valence-electron chi connectivity index (χ0n) is 19.5. The highest BCUT2D eigenvalue weighted by Gasteiger charge is 2.21. The Bertz CT molecular complexity index is 1320. The number of carbonyl (C=O) groups is 2. The SMILES string of the molecule is CCn1c(C)cc(C(=O)COC(=O)c2cc(C)n(Cc3ccc(S(N)(=O)=O)cc3)c2C)c1C. The number of nitrogens with zero attached hydrogens (tertiary/aromatic N) is 2. The number of aromatic nitrogens is 2. The van der Waals surface area contributed by atoms with Crippen LogP contribution in [0.25, 0.3) is 0 Å². The molecule has 2 heterocycles. The van der Waals surface area contributed by atoms with Gasteiger partial charge in [0.15, 0.2) is 6.61 Å². The largest absolute Gasteiger partial charge is 0.454 e. The zero-order chi connectivity index (χ0) is 24.5. The number of carbonyl (C=O) groups excluding carboxylic acids is 2. The third-order valence-corrected chi connectivity index (χ3v) is 6.84. The van der Waals surface area contributed by atoms with E-state index in [9.17, 15) is 18.0 Å². The van der Waals surface area contributed by atoms with Gasteiger partial charge in [-0.15, -0.1) is 0 Å². The number of benzene rings is 1. The highest BCUT2D eigenvalue weighted by Crippen LogP contribution is 2.20. The van der Waals surface area contributed by atoms with Crippen LogP contribution >= 0.6 is 0 Å². The van der Waals surface area contributed by atoms with E-state index in [0.717, 1.165) is 29.2 Å². The van der Waals surface area contributed by atoms with E-state index in [1.807, 2.05) is 42.9 Å². The smallest absolute Gasteiger partial charge is 0.340 e. The molecule has 3 aromatic rings. The molecule has 0 saturated carbocycles. The summed E-state index contributed by atoms with van der Waals surface area (Å²) in [6.45, 7) is 10.4. The number of aryl methyl sites for hydroxylation is 2. The van der Waals surface area contributed by atoms with Crippen molar-refractivity contribution in [3.05, 3.63) is 75.9 Å². The van der Waals surface area contributed by atoms with Gasteiger partial charge in [0, 0.05) is 41.4 Å². The van der Waals surface area contributed by atoms with E-state index < -0.39 is 16.0 Å². The Morgan fingerprint density at radius 3 is 2.00 bits per heavy atom. The van der Waals surface area contributed by atoms with E-state index in [0.29, 0.717) is 23.4 Å². The van der Waals surface area contributed by atoms with E-state index in [2.05, 4.69) is 0 Å². The number of ketones is 1. The van der Waals surface area contributed by atoms with Crippen molar-refractivity contribution in [2.24, 2.45) is 5.14 Å². The third kappa shape index (κ3) is 5.09. The molecular formula is C24H29N3O5S. The summed E-state index contributed by atoms with van der Waals surface area (Å²) in [6.07, 6.45) is 0. The highest BCUT2D eigenvalue weighted by molar-refractivity contribution is 7.89. The lowest BCUT2D eigenvalue weighted by molar-refractivity contribution is 0.0473. The summed E-state index contributed by atoms with van der Waals surface area (Å²) in [7, 11) is -3.75. The third-order valence-electron chi connectivity index (χ3n) is 5.91. The summed E-state index contributed by atoms with van der Waals surface area (Å²) >= 11 is 0. The molecule has 0 saturated heterocycles. The van der Waals surface area contributed by atoms with Crippen molar-refractivity contribution < 1.29 is 22.7 Å². The molecule has 3 rings (SSSR count). The Hall–Kier alpha value is -3.17. The molecule has 0 fully saturated rings. The van der Waals surface area contributed by atoms with Crippen molar-refractivity contribution in [2.75, 3.05) is 6.61 Å². The predicted octanol–water partition coefficient (Wildman–Crippen LogP) is 3.28. The molecule has 0 aliphatic carbocycles. The van der Waals surface area contributed by atoms with Crippen molar-refractivity contribution in [1.82, 2.24) is 9.13 Å². The van der Waals surface area contributed by atoms with Crippen LogP contribution in [0.15, 0.2) is 41.3 Å². The summed E-state index contributed by atoms with van der Waals surface area (Å²) in [5.41, 5.74) is 5.20. The van der Waals surface area contributed by atoms with Crippen molar-refractivity contribution in [3.63, 3.8) is 0 Å². The Kier molecular flexibility index (Phi) is 6.94. The lowest BCUT2D eigenvalue weighted by atomic mass is 10.1. The molecule has 0 aliphatic heterocycles. The minimum Gasteiger partial charge on any atom is -0.454 e. The van der Waals surface area contributed by atoms with Gasteiger partial charge in [-0.3, -0.25) is 4.79 Å². The molecule has 2 aromatic heterocycles. The fourth-order valence-corrected chi connectivity index (χ4v) is 4.59. The molecule has 33 heavy (non-hydrogen) atoms. The van der Waals surface area contributed by atoms with Gasteiger partial charge < -0.3 is 13.9 Å². The molecule has 0 amide bonds. The Labute approximate surface area is 194 Å². The second-order valence-corrected chi connectivity index (χ2v) is 9.65. The zero-order valence-corrected chi connectivity index (χ0v) is 20.3. The summed E-state index contributed by atoms with van der Waals surface area (Å²) < 4.78 is 32.2. The lowest BCUT2D eigenvalue weighted by Gasteiger charge is -2.11. The maximum absolute atomic E-state index is 12.7. The van der Waals surface area contributed by atoms with Gasteiger partial charge in [-0.2, -0.15) is 0 Å². The van der Waals surface area contributed by atoms with Crippen molar-refractivity contribution >= 4 is 21.8 Å². The number of hydrogen-bond acceptors (Lipinski definition) is 5. The number of Topliss-reactive ketones (excluding diaryl/α,β-unsaturated/α-hetero) is 1. The van der Waals surface area contributed by atoms with Gasteiger partial charge in [0.05, 0.1) is 10.5 Å². The first-order chi connectivity index (χ1) is 15.4. The molecule has 0 spiro atoms. The molecule has 0 atom stereocenters. The maximum atomic E-state index is 12.7. The van der Waals surface area contributed by atoms with Gasteiger partial charge in [-0.05, 0) is 64.4 Å². The van der Waals surface area contributed by atoms with Crippen molar-refractivity contribution in [3.8, 4) is 0 Å². The molecular weight excluding hydrogens is 442 g/mol. The number of ether oxygens (including phenoxy) is 1. The summed E-state index contributed by atoms with van der Waals surface area (Å²) in [6, 6.07) is 9.82. The van der Waals surface area contributed by atoms with Crippen LogP contribution < -0.4 is 5.14 Å². The van der Waals surface area contributed by atoms with Crippen molar-refractivity contribution in [2.45, 2.75) is 52.6 Å². The van der Waals surface area contributed by atoms with Gasteiger partial charge in [-0.1, -0.05) is 12.1 Å².